The lowest BCUT2D eigenvalue weighted by Gasteiger charge is -1.96. The predicted octanol–water partition coefficient (Wildman–Crippen LogP) is 3.33. The van der Waals surface area contributed by atoms with Gasteiger partial charge in [0.05, 0.1) is 16.0 Å². The van der Waals surface area contributed by atoms with E-state index in [0.29, 0.717) is 16.0 Å². The molecule has 1 amide bonds. The molecular formula is C17H11FN4O3S. The monoisotopic (exact) mass is 370 g/mol. The van der Waals surface area contributed by atoms with Gasteiger partial charge in [-0.25, -0.2) is 4.39 Å². The van der Waals surface area contributed by atoms with Crippen molar-refractivity contribution in [2.75, 3.05) is 0 Å². The molecule has 0 saturated carbocycles. The second kappa shape index (κ2) is 7.70. The van der Waals surface area contributed by atoms with Gasteiger partial charge in [0, 0.05) is 23.3 Å². The average molecular weight is 370 g/mol. The van der Waals surface area contributed by atoms with E-state index in [1.165, 1.54) is 36.6 Å². The Morgan fingerprint density at radius 3 is 2.77 bits per heavy atom. The van der Waals surface area contributed by atoms with Gasteiger partial charge in [0.15, 0.2) is 5.17 Å². The number of nitrogens with one attached hydrogen (secondary N) is 1. The van der Waals surface area contributed by atoms with Gasteiger partial charge in [0.1, 0.15) is 5.82 Å². The lowest BCUT2D eigenvalue weighted by Crippen LogP contribution is -2.19. The van der Waals surface area contributed by atoms with Crippen molar-refractivity contribution in [2.45, 2.75) is 0 Å². The minimum atomic E-state index is -0.504. The van der Waals surface area contributed by atoms with E-state index in [-0.39, 0.29) is 10.9 Å². The number of benzene rings is 2. The van der Waals surface area contributed by atoms with Gasteiger partial charge in [-0.2, -0.15) is 5.10 Å². The molecule has 0 spiro atoms. The Kier molecular flexibility index (Phi) is 5.18. The summed E-state index contributed by atoms with van der Waals surface area (Å²) in [6.45, 7) is 0. The van der Waals surface area contributed by atoms with Gasteiger partial charge in [0.25, 0.3) is 11.6 Å². The van der Waals surface area contributed by atoms with Gasteiger partial charge in [-0.05, 0) is 23.9 Å². The number of hydrogen-bond acceptors (Lipinski definition) is 6. The number of non-ortho nitro benzene ring substituents is 1. The van der Waals surface area contributed by atoms with E-state index >= 15 is 0 Å². The number of thioether (sulfide) groups is 1. The highest BCUT2D eigenvalue weighted by Gasteiger charge is 2.24. The first-order valence-corrected chi connectivity index (χ1v) is 8.15. The van der Waals surface area contributed by atoms with Crippen LogP contribution in [-0.2, 0) is 4.79 Å². The molecule has 0 bridgehead atoms. The Balaban J connectivity index is 1.73. The van der Waals surface area contributed by atoms with Crippen molar-refractivity contribution in [1.29, 1.82) is 0 Å². The van der Waals surface area contributed by atoms with E-state index in [1.807, 2.05) is 0 Å². The molecule has 0 aliphatic carbocycles. The third-order valence-electron chi connectivity index (χ3n) is 3.28. The molecule has 1 aliphatic heterocycles. The highest BCUT2D eigenvalue weighted by atomic mass is 32.2. The smallest absolute Gasteiger partial charge is 0.270 e. The van der Waals surface area contributed by atoms with Gasteiger partial charge in [-0.1, -0.05) is 30.3 Å². The van der Waals surface area contributed by atoms with Crippen LogP contribution in [0.25, 0.3) is 6.08 Å². The van der Waals surface area contributed by atoms with Crippen molar-refractivity contribution >= 4 is 40.8 Å². The normalized spacial score (nSPS) is 17.2. The first kappa shape index (κ1) is 17.5. The molecule has 2 aromatic carbocycles. The second-order valence-corrected chi connectivity index (χ2v) is 6.12. The molecule has 130 valence electrons. The number of halogens is 1. The van der Waals surface area contributed by atoms with E-state index in [1.54, 1.807) is 24.3 Å². The van der Waals surface area contributed by atoms with E-state index in [9.17, 15) is 19.3 Å². The number of nitro benzene ring substituents is 1. The van der Waals surface area contributed by atoms with Crippen LogP contribution in [0.2, 0.25) is 0 Å². The molecule has 1 aliphatic rings. The van der Waals surface area contributed by atoms with Crippen LogP contribution in [0.4, 0.5) is 10.1 Å². The molecule has 7 nitrogen and oxygen atoms in total. The largest absolute Gasteiger partial charge is 0.299 e. The average Bonchev–Trinajstić information content (AvgIpc) is 2.97. The SMILES string of the molecule is O=C1N/C(=N\N=C\c2cccc([N+](=O)[O-])c2)S/C1=C/c1ccccc1F. The zero-order chi connectivity index (χ0) is 18.5. The fourth-order valence-corrected chi connectivity index (χ4v) is 2.84. The van der Waals surface area contributed by atoms with Crippen LogP contribution in [0.1, 0.15) is 11.1 Å². The summed E-state index contributed by atoms with van der Waals surface area (Å²) in [5.41, 5.74) is 0.742. The maximum Gasteiger partial charge on any atom is 0.270 e. The van der Waals surface area contributed by atoms with Crippen LogP contribution in [0.5, 0.6) is 0 Å². The van der Waals surface area contributed by atoms with Crippen LogP contribution >= 0.6 is 11.8 Å². The summed E-state index contributed by atoms with van der Waals surface area (Å²) in [6, 6.07) is 12.0. The number of nitrogens with zero attached hydrogens (tertiary/aromatic N) is 3. The number of rotatable bonds is 4. The molecule has 26 heavy (non-hydrogen) atoms. The zero-order valence-corrected chi connectivity index (χ0v) is 13.9. The Hall–Kier alpha value is -3.33. The molecular weight excluding hydrogens is 359 g/mol. The Bertz CT molecular complexity index is 972. The van der Waals surface area contributed by atoms with Gasteiger partial charge >= 0.3 is 0 Å². The molecule has 0 atom stereocenters. The standard InChI is InChI=1S/C17H11FN4O3S/c18-14-7-2-1-5-12(14)9-15-16(23)20-17(26-15)21-19-10-11-4-3-6-13(8-11)22(24)25/h1-10H,(H,20,21,23)/b15-9+,19-10+. The summed E-state index contributed by atoms with van der Waals surface area (Å²) in [5.74, 6) is -0.829. The summed E-state index contributed by atoms with van der Waals surface area (Å²) >= 11 is 1.03. The van der Waals surface area contributed by atoms with Crippen LogP contribution in [0.15, 0.2) is 63.6 Å². The van der Waals surface area contributed by atoms with Crippen molar-refractivity contribution in [3.8, 4) is 0 Å². The van der Waals surface area contributed by atoms with Crippen LogP contribution in [0.3, 0.4) is 0 Å². The molecule has 0 unspecified atom stereocenters. The van der Waals surface area contributed by atoms with Crippen LogP contribution < -0.4 is 5.32 Å². The number of carbonyl (C=O) groups excluding carboxylic acids is 1. The first-order valence-electron chi connectivity index (χ1n) is 7.34. The van der Waals surface area contributed by atoms with Crippen molar-refractivity contribution in [2.24, 2.45) is 10.2 Å². The Morgan fingerprint density at radius 1 is 1.19 bits per heavy atom. The number of hydrogen-bond donors (Lipinski definition) is 1. The predicted molar refractivity (Wildman–Crippen MR) is 98.2 cm³/mol. The molecule has 1 N–H and O–H groups in total. The molecule has 1 fully saturated rings. The molecule has 1 saturated heterocycles. The van der Waals surface area contributed by atoms with E-state index in [4.69, 9.17) is 0 Å². The fraction of sp³-hybridized carbons (Fsp3) is 0. The summed E-state index contributed by atoms with van der Waals surface area (Å²) < 4.78 is 13.7. The van der Waals surface area contributed by atoms with E-state index in [2.05, 4.69) is 15.5 Å². The van der Waals surface area contributed by atoms with Crippen molar-refractivity contribution < 1.29 is 14.1 Å². The summed E-state index contributed by atoms with van der Waals surface area (Å²) in [6.07, 6.45) is 2.77. The quantitative estimate of drug-likeness (QED) is 0.386. The fourth-order valence-electron chi connectivity index (χ4n) is 2.08. The van der Waals surface area contributed by atoms with Crippen molar-refractivity contribution in [3.63, 3.8) is 0 Å². The van der Waals surface area contributed by atoms with Gasteiger partial charge in [-0.15, -0.1) is 5.10 Å². The highest BCUT2D eigenvalue weighted by molar-refractivity contribution is 8.18. The number of amidine groups is 1. The molecule has 0 aromatic heterocycles. The minimum absolute atomic E-state index is 0.0553. The maximum absolute atomic E-state index is 13.7. The van der Waals surface area contributed by atoms with Gasteiger partial charge < -0.3 is 0 Å². The topological polar surface area (TPSA) is 97.0 Å². The van der Waals surface area contributed by atoms with Gasteiger partial charge in [0.2, 0.25) is 0 Å². The summed E-state index contributed by atoms with van der Waals surface area (Å²) in [5, 5.41) is 21.2. The Labute approximate surface area is 151 Å². The number of amides is 1. The lowest BCUT2D eigenvalue weighted by atomic mass is 10.2. The summed E-state index contributed by atoms with van der Waals surface area (Å²) in [4.78, 5) is 22.4. The molecule has 2 aromatic rings. The number of carbonyl (C=O) groups is 1. The molecule has 1 heterocycles. The molecule has 0 radical (unpaired) electrons. The molecule has 9 heteroatoms. The van der Waals surface area contributed by atoms with Crippen molar-refractivity contribution in [1.82, 2.24) is 5.32 Å². The Morgan fingerprint density at radius 2 is 2.00 bits per heavy atom. The number of nitro groups is 1. The maximum atomic E-state index is 13.7. The van der Waals surface area contributed by atoms with Crippen LogP contribution in [0, 0.1) is 15.9 Å². The minimum Gasteiger partial charge on any atom is -0.299 e. The van der Waals surface area contributed by atoms with Gasteiger partial charge in [-0.3, -0.25) is 20.2 Å². The van der Waals surface area contributed by atoms with Crippen molar-refractivity contribution in [3.05, 3.63) is 80.5 Å². The lowest BCUT2D eigenvalue weighted by molar-refractivity contribution is -0.384. The second-order valence-electron chi connectivity index (χ2n) is 5.09. The zero-order valence-electron chi connectivity index (χ0n) is 13.1. The molecule has 3 rings (SSSR count). The van der Waals surface area contributed by atoms with Crippen LogP contribution in [-0.4, -0.2) is 22.2 Å². The van der Waals surface area contributed by atoms with E-state index < -0.39 is 16.6 Å². The summed E-state index contributed by atoms with van der Waals surface area (Å²) in [7, 11) is 0. The third kappa shape index (κ3) is 4.19. The highest BCUT2D eigenvalue weighted by Crippen LogP contribution is 2.26. The van der Waals surface area contributed by atoms with E-state index in [0.717, 1.165) is 11.8 Å². The first-order chi connectivity index (χ1) is 12.5. The third-order valence-corrected chi connectivity index (χ3v) is 4.18.